The Morgan fingerprint density at radius 1 is 1.14 bits per heavy atom. The predicted octanol–water partition coefficient (Wildman–Crippen LogP) is 2.86. The number of carbonyl (C=O) groups excluding carboxylic acids is 2. The molecule has 120 valence electrons. The molecule has 1 saturated heterocycles. The molecule has 1 aliphatic heterocycles. The van der Waals surface area contributed by atoms with E-state index in [0.717, 1.165) is 18.8 Å². The first-order chi connectivity index (χ1) is 9.90. The van der Waals surface area contributed by atoms with Crippen LogP contribution in [0.5, 0.6) is 0 Å². The molecule has 0 aromatic heterocycles. The lowest BCUT2D eigenvalue weighted by molar-refractivity contribution is -0.157. The van der Waals surface area contributed by atoms with Gasteiger partial charge in [0.05, 0.1) is 0 Å². The lowest BCUT2D eigenvalue weighted by atomic mass is 9.81. The van der Waals surface area contributed by atoms with E-state index in [1.807, 2.05) is 25.7 Å². The smallest absolute Gasteiger partial charge is 0.248 e. The lowest BCUT2D eigenvalue weighted by Crippen LogP contribution is -2.70. The average molecular weight is 294 g/mol. The van der Waals surface area contributed by atoms with Crippen LogP contribution >= 0.6 is 0 Å². The van der Waals surface area contributed by atoms with Crippen molar-refractivity contribution in [2.75, 3.05) is 0 Å². The molecular weight excluding hydrogens is 264 g/mol. The summed E-state index contributed by atoms with van der Waals surface area (Å²) in [6.07, 6.45) is 7.73. The second-order valence-electron chi connectivity index (χ2n) is 7.21. The second-order valence-corrected chi connectivity index (χ2v) is 7.21. The van der Waals surface area contributed by atoms with E-state index in [1.165, 1.54) is 25.7 Å². The maximum Gasteiger partial charge on any atom is 0.248 e. The molecule has 1 unspecified atom stereocenters. The fourth-order valence-corrected chi connectivity index (χ4v) is 3.96. The molecule has 1 heterocycles. The van der Waals surface area contributed by atoms with E-state index < -0.39 is 5.54 Å². The zero-order valence-corrected chi connectivity index (χ0v) is 13.9. The maximum absolute atomic E-state index is 12.8. The number of rotatable bonds is 4. The first-order valence-corrected chi connectivity index (χ1v) is 8.55. The van der Waals surface area contributed by atoms with Crippen molar-refractivity contribution in [2.24, 2.45) is 5.92 Å². The van der Waals surface area contributed by atoms with E-state index in [-0.39, 0.29) is 23.9 Å². The third-order valence-electron chi connectivity index (χ3n) is 5.14. The van der Waals surface area contributed by atoms with Gasteiger partial charge in [-0.25, -0.2) is 0 Å². The van der Waals surface area contributed by atoms with Crippen molar-refractivity contribution in [3.8, 4) is 0 Å². The number of piperazine rings is 1. The fourth-order valence-electron chi connectivity index (χ4n) is 3.96. The van der Waals surface area contributed by atoms with Crippen LogP contribution in [0.2, 0.25) is 0 Å². The van der Waals surface area contributed by atoms with E-state index in [4.69, 9.17) is 0 Å². The molecule has 1 saturated carbocycles. The van der Waals surface area contributed by atoms with E-state index in [1.54, 1.807) is 0 Å². The summed E-state index contributed by atoms with van der Waals surface area (Å²) in [5.41, 5.74) is -0.761. The van der Waals surface area contributed by atoms with Crippen LogP contribution in [0, 0.1) is 5.92 Å². The molecule has 1 atom stereocenters. The van der Waals surface area contributed by atoms with Gasteiger partial charge in [0.15, 0.2) is 0 Å². The number of amides is 2. The van der Waals surface area contributed by atoms with E-state index in [9.17, 15) is 9.59 Å². The summed E-state index contributed by atoms with van der Waals surface area (Å²) >= 11 is 0. The number of nitrogens with zero attached hydrogens (tertiary/aromatic N) is 1. The summed E-state index contributed by atoms with van der Waals surface area (Å²) in [7, 11) is 0. The highest BCUT2D eigenvalue weighted by molar-refractivity contribution is 5.99. The summed E-state index contributed by atoms with van der Waals surface area (Å²) in [5.74, 6) is 0.915. The molecule has 4 heteroatoms. The van der Waals surface area contributed by atoms with Crippen molar-refractivity contribution in [1.82, 2.24) is 10.2 Å². The highest BCUT2D eigenvalue weighted by Crippen LogP contribution is 2.34. The quantitative estimate of drug-likeness (QED) is 0.866. The average Bonchev–Trinajstić information content (AvgIpc) is 2.43. The van der Waals surface area contributed by atoms with Gasteiger partial charge in [0.1, 0.15) is 11.6 Å². The summed E-state index contributed by atoms with van der Waals surface area (Å²) in [5, 5.41) is 2.87. The standard InChI is InChI=1S/C17H30N2O2/c1-5-7-12-8-10-13(11-9-12)19-14(6-2)15(20)18-17(3,4)16(19)21/h12-14H,5-11H2,1-4H3,(H,18,20). The molecule has 0 aromatic carbocycles. The van der Waals surface area contributed by atoms with E-state index in [2.05, 4.69) is 12.2 Å². The van der Waals surface area contributed by atoms with Crippen molar-refractivity contribution in [2.45, 2.75) is 90.3 Å². The second kappa shape index (κ2) is 6.37. The van der Waals surface area contributed by atoms with Gasteiger partial charge >= 0.3 is 0 Å². The minimum absolute atomic E-state index is 0.0118. The van der Waals surface area contributed by atoms with Gasteiger partial charge in [0.25, 0.3) is 0 Å². The molecule has 0 radical (unpaired) electrons. The molecule has 4 nitrogen and oxygen atoms in total. The van der Waals surface area contributed by atoms with Gasteiger partial charge in [-0.2, -0.15) is 0 Å². The van der Waals surface area contributed by atoms with Gasteiger partial charge in [-0.1, -0.05) is 26.7 Å². The Labute approximate surface area is 128 Å². The molecule has 1 aliphatic carbocycles. The normalized spacial score (nSPS) is 33.0. The molecule has 0 spiro atoms. The van der Waals surface area contributed by atoms with Gasteiger partial charge in [-0.05, 0) is 51.9 Å². The first-order valence-electron chi connectivity index (χ1n) is 8.55. The third-order valence-corrected chi connectivity index (χ3v) is 5.14. The minimum atomic E-state index is -0.761. The topological polar surface area (TPSA) is 49.4 Å². The number of nitrogens with one attached hydrogen (secondary N) is 1. The maximum atomic E-state index is 12.8. The van der Waals surface area contributed by atoms with Gasteiger partial charge in [-0.3, -0.25) is 9.59 Å². The lowest BCUT2D eigenvalue weighted by Gasteiger charge is -2.48. The summed E-state index contributed by atoms with van der Waals surface area (Å²) in [6, 6.07) is -0.0286. The van der Waals surface area contributed by atoms with Crippen LogP contribution in [0.4, 0.5) is 0 Å². The van der Waals surface area contributed by atoms with Gasteiger partial charge in [0, 0.05) is 6.04 Å². The zero-order valence-electron chi connectivity index (χ0n) is 13.9. The van der Waals surface area contributed by atoms with Crippen LogP contribution in [0.3, 0.4) is 0 Å². The van der Waals surface area contributed by atoms with Gasteiger partial charge in [0.2, 0.25) is 11.8 Å². The van der Waals surface area contributed by atoms with Crippen LogP contribution in [0.25, 0.3) is 0 Å². The molecule has 0 aromatic rings. The van der Waals surface area contributed by atoms with Crippen LogP contribution in [-0.4, -0.2) is 34.3 Å². The molecule has 1 N–H and O–H groups in total. The van der Waals surface area contributed by atoms with Crippen molar-refractivity contribution in [3.63, 3.8) is 0 Å². The van der Waals surface area contributed by atoms with E-state index >= 15 is 0 Å². The zero-order chi connectivity index (χ0) is 15.6. The number of hydrogen-bond donors (Lipinski definition) is 1. The number of carbonyl (C=O) groups is 2. The molecule has 0 bridgehead atoms. The molecule has 2 amide bonds. The fraction of sp³-hybridized carbons (Fsp3) is 0.882. The summed E-state index contributed by atoms with van der Waals surface area (Å²) in [6.45, 7) is 7.86. The van der Waals surface area contributed by atoms with Crippen LogP contribution in [0.1, 0.15) is 72.6 Å². The Hall–Kier alpha value is -1.06. The van der Waals surface area contributed by atoms with Crippen molar-refractivity contribution < 1.29 is 9.59 Å². The molecular formula is C17H30N2O2. The summed E-state index contributed by atoms with van der Waals surface area (Å²) < 4.78 is 0. The Morgan fingerprint density at radius 3 is 2.29 bits per heavy atom. The van der Waals surface area contributed by atoms with E-state index in [0.29, 0.717) is 6.42 Å². The molecule has 21 heavy (non-hydrogen) atoms. The van der Waals surface area contributed by atoms with Crippen LogP contribution in [-0.2, 0) is 9.59 Å². The minimum Gasteiger partial charge on any atom is -0.340 e. The first kappa shape index (κ1) is 16.3. The highest BCUT2D eigenvalue weighted by atomic mass is 16.2. The Bertz CT molecular complexity index is 398. The van der Waals surface area contributed by atoms with Crippen LogP contribution < -0.4 is 5.32 Å². The molecule has 2 fully saturated rings. The van der Waals surface area contributed by atoms with Crippen LogP contribution in [0.15, 0.2) is 0 Å². The van der Waals surface area contributed by atoms with Crippen molar-refractivity contribution in [3.05, 3.63) is 0 Å². The Morgan fingerprint density at radius 2 is 1.76 bits per heavy atom. The van der Waals surface area contributed by atoms with Gasteiger partial charge in [-0.15, -0.1) is 0 Å². The SMILES string of the molecule is CCCC1CCC(N2C(=O)C(C)(C)NC(=O)C2CC)CC1. The third kappa shape index (κ3) is 3.24. The summed E-state index contributed by atoms with van der Waals surface area (Å²) in [4.78, 5) is 27.0. The van der Waals surface area contributed by atoms with Crippen molar-refractivity contribution in [1.29, 1.82) is 0 Å². The van der Waals surface area contributed by atoms with Gasteiger partial charge < -0.3 is 10.2 Å². The monoisotopic (exact) mass is 294 g/mol. The molecule has 2 rings (SSSR count). The highest BCUT2D eigenvalue weighted by Gasteiger charge is 2.47. The Kier molecular flexibility index (Phi) is 4.95. The predicted molar refractivity (Wildman–Crippen MR) is 83.8 cm³/mol. The number of hydrogen-bond acceptors (Lipinski definition) is 2. The largest absolute Gasteiger partial charge is 0.340 e. The Balaban J connectivity index is 2.11. The molecule has 2 aliphatic rings. The van der Waals surface area contributed by atoms with Crippen molar-refractivity contribution >= 4 is 11.8 Å².